The summed E-state index contributed by atoms with van der Waals surface area (Å²) in [4.78, 5) is 13.6. The molecule has 0 radical (unpaired) electrons. The van der Waals surface area contributed by atoms with Crippen molar-refractivity contribution in [3.63, 3.8) is 0 Å². The second kappa shape index (κ2) is 6.71. The quantitative estimate of drug-likeness (QED) is 0.561. The van der Waals surface area contributed by atoms with E-state index in [9.17, 15) is 8.78 Å². The Bertz CT molecular complexity index is 1150. The number of nitrogens with zero attached hydrogens (tertiary/aromatic N) is 5. The number of imidazole rings is 2. The zero-order chi connectivity index (χ0) is 19.1. The lowest BCUT2D eigenvalue weighted by Crippen LogP contribution is -2.37. The van der Waals surface area contributed by atoms with Crippen LogP contribution in [0.2, 0.25) is 0 Å². The fraction of sp³-hybridized carbons (Fsp3) is 0.278. The van der Waals surface area contributed by atoms with Gasteiger partial charge in [-0.1, -0.05) is 0 Å². The van der Waals surface area contributed by atoms with Crippen molar-refractivity contribution in [1.29, 1.82) is 0 Å². The summed E-state index contributed by atoms with van der Waals surface area (Å²) < 4.78 is 34.4. The van der Waals surface area contributed by atoms with Crippen molar-refractivity contribution in [2.45, 2.75) is 6.54 Å². The lowest BCUT2D eigenvalue weighted by Gasteiger charge is -2.28. The van der Waals surface area contributed by atoms with Crippen molar-refractivity contribution in [1.82, 2.24) is 24.6 Å². The molecule has 0 unspecified atom stereocenters. The molecule has 8 nitrogen and oxygen atoms in total. The summed E-state index contributed by atoms with van der Waals surface area (Å²) in [5, 5.41) is 7.87. The molecule has 0 spiro atoms. The first kappa shape index (κ1) is 16.9. The first-order valence-electron chi connectivity index (χ1n) is 8.92. The number of aromatic nitrogens is 5. The SMILES string of the molecule is Fc1ccc2nc(CNc3cc(N4CCOCC4)nn4ccnc34)[nH]c2c1F. The molecule has 0 bridgehead atoms. The number of nitrogens with one attached hydrogen (secondary N) is 2. The van der Waals surface area contributed by atoms with E-state index in [2.05, 4.69) is 30.3 Å². The summed E-state index contributed by atoms with van der Waals surface area (Å²) in [5.41, 5.74) is 1.89. The molecule has 0 atom stereocenters. The summed E-state index contributed by atoms with van der Waals surface area (Å²) in [5.74, 6) is -0.521. The molecule has 0 aliphatic carbocycles. The predicted molar refractivity (Wildman–Crippen MR) is 99.4 cm³/mol. The molecule has 3 aromatic heterocycles. The van der Waals surface area contributed by atoms with Gasteiger partial charge in [-0.25, -0.2) is 23.3 Å². The lowest BCUT2D eigenvalue weighted by molar-refractivity contribution is 0.122. The van der Waals surface area contributed by atoms with E-state index in [4.69, 9.17) is 4.74 Å². The maximum atomic E-state index is 13.9. The Morgan fingerprint density at radius 2 is 2.07 bits per heavy atom. The van der Waals surface area contributed by atoms with Crippen LogP contribution in [0.5, 0.6) is 0 Å². The minimum Gasteiger partial charge on any atom is -0.378 e. The highest BCUT2D eigenvalue weighted by Gasteiger charge is 2.16. The third-order valence-electron chi connectivity index (χ3n) is 4.73. The van der Waals surface area contributed by atoms with Gasteiger partial charge in [0, 0.05) is 31.5 Å². The van der Waals surface area contributed by atoms with Gasteiger partial charge in [0.2, 0.25) is 0 Å². The van der Waals surface area contributed by atoms with Gasteiger partial charge < -0.3 is 19.9 Å². The number of ether oxygens (including phenoxy) is 1. The molecule has 1 fully saturated rings. The number of H-pyrrole nitrogens is 1. The summed E-state index contributed by atoms with van der Waals surface area (Å²) in [6, 6.07) is 4.45. The summed E-state index contributed by atoms with van der Waals surface area (Å²) >= 11 is 0. The number of benzene rings is 1. The second-order valence-corrected chi connectivity index (χ2v) is 6.50. The van der Waals surface area contributed by atoms with E-state index in [0.29, 0.717) is 36.7 Å². The number of halogens is 2. The van der Waals surface area contributed by atoms with Gasteiger partial charge in [0.05, 0.1) is 31.0 Å². The van der Waals surface area contributed by atoms with E-state index in [0.717, 1.165) is 30.7 Å². The van der Waals surface area contributed by atoms with Crippen LogP contribution in [0.1, 0.15) is 5.82 Å². The Labute approximate surface area is 158 Å². The van der Waals surface area contributed by atoms with Gasteiger partial charge >= 0.3 is 0 Å². The van der Waals surface area contributed by atoms with Crippen LogP contribution in [0, 0.1) is 11.6 Å². The maximum Gasteiger partial charge on any atom is 0.184 e. The van der Waals surface area contributed by atoms with Crippen molar-refractivity contribution < 1.29 is 13.5 Å². The highest BCUT2D eigenvalue weighted by Crippen LogP contribution is 2.23. The molecule has 2 N–H and O–H groups in total. The zero-order valence-corrected chi connectivity index (χ0v) is 14.8. The topological polar surface area (TPSA) is 83.4 Å². The number of morpholine rings is 1. The Morgan fingerprint density at radius 3 is 2.93 bits per heavy atom. The van der Waals surface area contributed by atoms with E-state index < -0.39 is 11.6 Å². The predicted octanol–water partition coefficient (Wildman–Crippen LogP) is 2.33. The molecular formula is C18H17F2N7O. The number of hydrogen-bond donors (Lipinski definition) is 2. The Hall–Kier alpha value is -3.27. The van der Waals surface area contributed by atoms with Crippen molar-refractivity contribution in [2.24, 2.45) is 0 Å². The van der Waals surface area contributed by atoms with Crippen LogP contribution in [0.25, 0.3) is 16.7 Å². The summed E-state index contributed by atoms with van der Waals surface area (Å²) in [7, 11) is 0. The third kappa shape index (κ3) is 2.91. The first-order chi connectivity index (χ1) is 13.7. The van der Waals surface area contributed by atoms with Gasteiger partial charge in [0.15, 0.2) is 23.1 Å². The van der Waals surface area contributed by atoms with Gasteiger partial charge in [-0.05, 0) is 12.1 Å². The largest absolute Gasteiger partial charge is 0.378 e. The Balaban J connectivity index is 1.44. The van der Waals surface area contributed by atoms with Gasteiger partial charge in [0.1, 0.15) is 11.3 Å². The number of hydrogen-bond acceptors (Lipinski definition) is 6. The number of aromatic amines is 1. The third-order valence-corrected chi connectivity index (χ3v) is 4.73. The van der Waals surface area contributed by atoms with Crippen molar-refractivity contribution in [2.75, 3.05) is 36.5 Å². The van der Waals surface area contributed by atoms with Crippen LogP contribution in [0.15, 0.2) is 30.6 Å². The van der Waals surface area contributed by atoms with Crippen LogP contribution >= 0.6 is 0 Å². The van der Waals surface area contributed by atoms with Crippen molar-refractivity contribution >= 4 is 28.2 Å². The standard InChI is InChI=1S/C18H17F2N7O/c19-11-1-2-12-17(16(11)20)24-14(23-12)10-22-13-9-15(26-5-7-28-8-6-26)25-27-4-3-21-18(13)27/h1-4,9,22H,5-8,10H2,(H,23,24). The number of rotatable bonds is 4. The fourth-order valence-electron chi connectivity index (χ4n) is 3.31. The molecule has 4 aromatic rings. The number of anilines is 2. The van der Waals surface area contributed by atoms with Crippen LogP contribution in [-0.2, 0) is 11.3 Å². The molecule has 28 heavy (non-hydrogen) atoms. The minimum absolute atomic E-state index is 0.0616. The van der Waals surface area contributed by atoms with Crippen LogP contribution in [0.3, 0.4) is 0 Å². The normalized spacial score (nSPS) is 14.9. The minimum atomic E-state index is -0.926. The molecule has 0 saturated carbocycles. The maximum absolute atomic E-state index is 13.9. The molecule has 10 heteroatoms. The molecule has 1 aliphatic heterocycles. The highest BCUT2D eigenvalue weighted by molar-refractivity contribution is 5.76. The Kier molecular flexibility index (Phi) is 4.05. The average molecular weight is 385 g/mol. The molecule has 1 aromatic carbocycles. The van der Waals surface area contributed by atoms with Crippen LogP contribution in [0.4, 0.5) is 20.3 Å². The average Bonchev–Trinajstić information content (AvgIpc) is 3.36. The molecule has 0 amide bonds. The smallest absolute Gasteiger partial charge is 0.184 e. The van der Waals surface area contributed by atoms with E-state index in [1.165, 1.54) is 6.07 Å². The van der Waals surface area contributed by atoms with Crippen molar-refractivity contribution in [3.8, 4) is 0 Å². The molecule has 1 saturated heterocycles. The Morgan fingerprint density at radius 1 is 1.21 bits per heavy atom. The van der Waals surface area contributed by atoms with Crippen molar-refractivity contribution in [3.05, 3.63) is 48.1 Å². The van der Waals surface area contributed by atoms with Crippen LogP contribution < -0.4 is 10.2 Å². The monoisotopic (exact) mass is 385 g/mol. The molecule has 1 aliphatic rings. The van der Waals surface area contributed by atoms with Gasteiger partial charge in [-0.15, -0.1) is 5.10 Å². The molecule has 5 rings (SSSR count). The fourth-order valence-corrected chi connectivity index (χ4v) is 3.31. The summed E-state index contributed by atoms with van der Waals surface area (Å²) in [6.45, 7) is 3.15. The van der Waals surface area contributed by atoms with Gasteiger partial charge in [-0.2, -0.15) is 0 Å². The van der Waals surface area contributed by atoms with Gasteiger partial charge in [0.25, 0.3) is 0 Å². The van der Waals surface area contributed by atoms with E-state index in [1.807, 2.05) is 6.07 Å². The zero-order valence-electron chi connectivity index (χ0n) is 14.8. The van der Waals surface area contributed by atoms with E-state index >= 15 is 0 Å². The summed E-state index contributed by atoms with van der Waals surface area (Å²) in [6.07, 6.45) is 3.46. The van der Waals surface area contributed by atoms with Crippen LogP contribution in [-0.4, -0.2) is 50.9 Å². The lowest BCUT2D eigenvalue weighted by atomic mass is 10.3. The number of fused-ring (bicyclic) bond motifs is 2. The van der Waals surface area contributed by atoms with Gasteiger partial charge in [-0.3, -0.25) is 0 Å². The first-order valence-corrected chi connectivity index (χ1v) is 8.92. The van der Waals surface area contributed by atoms with E-state index in [-0.39, 0.29) is 5.52 Å². The highest BCUT2D eigenvalue weighted by atomic mass is 19.2. The van der Waals surface area contributed by atoms with E-state index in [1.54, 1.807) is 16.9 Å². The molecular weight excluding hydrogens is 368 g/mol. The molecule has 144 valence electrons. The molecule has 4 heterocycles. The second-order valence-electron chi connectivity index (χ2n) is 6.50.